The highest BCUT2D eigenvalue weighted by atomic mass is 19.4. The molecular weight excluding hydrogens is 441 g/mol. The summed E-state index contributed by atoms with van der Waals surface area (Å²) in [7, 11) is 0. The van der Waals surface area contributed by atoms with Crippen LogP contribution in [0.4, 0.5) is 13.2 Å². The zero-order valence-electron chi connectivity index (χ0n) is 18.4. The summed E-state index contributed by atoms with van der Waals surface area (Å²) >= 11 is 0. The standard InChI is InChI=1S/C20H26N4O2.C2HF3O2/c1-20(2,25)19-14-24(22-21-19)12-15-6-5-9-23(11-15)13-17-10-16-7-3-4-8-18(16)26-17;3-2(4,5)1(6)7/h3-4,7-8,10,14-15,25H,5-6,9,11-13H2,1-2H3;(H,6,7). The Balaban J connectivity index is 0.000000383. The van der Waals surface area contributed by atoms with Crippen LogP contribution in [0.2, 0.25) is 0 Å². The smallest absolute Gasteiger partial charge is 0.475 e. The van der Waals surface area contributed by atoms with Gasteiger partial charge in [-0.15, -0.1) is 5.10 Å². The molecule has 11 heteroatoms. The van der Waals surface area contributed by atoms with Gasteiger partial charge < -0.3 is 14.6 Å². The maximum atomic E-state index is 10.6. The Morgan fingerprint density at radius 1 is 1.27 bits per heavy atom. The summed E-state index contributed by atoms with van der Waals surface area (Å²) in [5.41, 5.74) is 0.628. The highest BCUT2D eigenvalue weighted by Crippen LogP contribution is 2.24. The lowest BCUT2D eigenvalue weighted by atomic mass is 9.98. The zero-order chi connectivity index (χ0) is 24.2. The van der Waals surface area contributed by atoms with Crippen molar-refractivity contribution in [2.24, 2.45) is 5.92 Å². The van der Waals surface area contributed by atoms with Gasteiger partial charge in [-0.3, -0.25) is 9.58 Å². The number of rotatable bonds is 5. The first-order chi connectivity index (χ1) is 15.4. The number of hydrogen-bond donors (Lipinski definition) is 2. The number of hydrogen-bond acceptors (Lipinski definition) is 6. The van der Waals surface area contributed by atoms with Crippen LogP contribution >= 0.6 is 0 Å². The van der Waals surface area contributed by atoms with Crippen molar-refractivity contribution < 1.29 is 32.6 Å². The SMILES string of the molecule is CC(C)(O)c1cn(CC2CCCN(Cc3cc4ccccc4o3)C2)nn1.O=C(O)C(F)(F)F. The summed E-state index contributed by atoms with van der Waals surface area (Å²) in [6, 6.07) is 10.3. The van der Waals surface area contributed by atoms with Crippen LogP contribution in [-0.2, 0) is 23.5 Å². The largest absolute Gasteiger partial charge is 0.490 e. The van der Waals surface area contributed by atoms with Crippen molar-refractivity contribution in [1.82, 2.24) is 19.9 Å². The van der Waals surface area contributed by atoms with Crippen LogP contribution in [-0.4, -0.2) is 55.3 Å². The van der Waals surface area contributed by atoms with Gasteiger partial charge in [0.25, 0.3) is 0 Å². The molecule has 8 nitrogen and oxygen atoms in total. The van der Waals surface area contributed by atoms with Crippen molar-refractivity contribution in [2.45, 2.75) is 51.6 Å². The molecule has 0 amide bonds. The van der Waals surface area contributed by atoms with E-state index < -0.39 is 17.7 Å². The Hall–Kier alpha value is -2.92. The number of likely N-dealkylation sites (tertiary alicyclic amines) is 1. The quantitative estimate of drug-likeness (QED) is 0.587. The summed E-state index contributed by atoms with van der Waals surface area (Å²) in [6.45, 7) is 7.26. The van der Waals surface area contributed by atoms with Crippen molar-refractivity contribution in [3.8, 4) is 0 Å². The molecule has 4 rings (SSSR count). The second-order valence-corrected chi connectivity index (χ2v) is 8.68. The number of furan rings is 1. The van der Waals surface area contributed by atoms with Gasteiger partial charge in [-0.2, -0.15) is 13.2 Å². The van der Waals surface area contributed by atoms with E-state index in [-0.39, 0.29) is 0 Å². The first-order valence-electron chi connectivity index (χ1n) is 10.5. The lowest BCUT2D eigenvalue weighted by Gasteiger charge is -2.31. The molecule has 3 aromatic rings. The van der Waals surface area contributed by atoms with Gasteiger partial charge in [0.05, 0.1) is 12.7 Å². The molecule has 0 saturated carbocycles. The van der Waals surface area contributed by atoms with E-state index in [9.17, 15) is 18.3 Å². The molecule has 1 atom stereocenters. The van der Waals surface area contributed by atoms with Crippen molar-refractivity contribution in [2.75, 3.05) is 13.1 Å². The minimum Gasteiger partial charge on any atom is -0.475 e. The Morgan fingerprint density at radius 3 is 2.58 bits per heavy atom. The molecule has 1 aromatic carbocycles. The average molecular weight is 468 g/mol. The van der Waals surface area contributed by atoms with E-state index in [4.69, 9.17) is 14.3 Å². The van der Waals surface area contributed by atoms with Crippen LogP contribution in [0.25, 0.3) is 11.0 Å². The molecule has 0 spiro atoms. The molecular formula is C22H27F3N4O4. The van der Waals surface area contributed by atoms with Gasteiger partial charge in [0.2, 0.25) is 0 Å². The number of nitrogens with zero attached hydrogens (tertiary/aromatic N) is 4. The number of benzene rings is 1. The Kier molecular flexibility index (Phi) is 7.43. The third kappa shape index (κ3) is 7.03. The van der Waals surface area contributed by atoms with Crippen LogP contribution in [0, 0.1) is 5.92 Å². The van der Waals surface area contributed by atoms with Crippen molar-refractivity contribution in [3.05, 3.63) is 48.0 Å². The van der Waals surface area contributed by atoms with E-state index in [0.717, 1.165) is 42.9 Å². The third-order valence-corrected chi connectivity index (χ3v) is 5.31. The number of carbonyl (C=O) groups is 1. The number of carboxylic acids is 1. The molecule has 3 heterocycles. The summed E-state index contributed by atoms with van der Waals surface area (Å²) in [5.74, 6) is -1.20. The molecule has 1 aliphatic rings. The summed E-state index contributed by atoms with van der Waals surface area (Å²) < 4.78 is 39.6. The Bertz CT molecular complexity index is 1040. The van der Waals surface area contributed by atoms with E-state index in [1.165, 1.54) is 12.8 Å². The van der Waals surface area contributed by atoms with Crippen LogP contribution in [0.5, 0.6) is 0 Å². The summed E-state index contributed by atoms with van der Waals surface area (Å²) in [5, 5.41) is 26.6. The predicted octanol–water partition coefficient (Wildman–Crippen LogP) is 3.80. The molecule has 180 valence electrons. The van der Waals surface area contributed by atoms with Crippen molar-refractivity contribution in [1.29, 1.82) is 0 Å². The maximum absolute atomic E-state index is 10.6. The second-order valence-electron chi connectivity index (χ2n) is 8.68. The number of halogens is 3. The first kappa shape index (κ1) is 24.7. The number of aliphatic carboxylic acids is 1. The lowest BCUT2D eigenvalue weighted by Crippen LogP contribution is -2.36. The number of aliphatic hydroxyl groups is 1. The Morgan fingerprint density at radius 2 is 1.97 bits per heavy atom. The number of aromatic nitrogens is 3. The number of piperidine rings is 1. The summed E-state index contributed by atoms with van der Waals surface area (Å²) in [6.07, 6.45) is -0.857. The van der Waals surface area contributed by atoms with Gasteiger partial charge in [-0.1, -0.05) is 23.4 Å². The van der Waals surface area contributed by atoms with E-state index in [0.29, 0.717) is 11.6 Å². The minimum atomic E-state index is -5.08. The Labute approximate surface area is 188 Å². The molecule has 33 heavy (non-hydrogen) atoms. The highest BCUT2D eigenvalue weighted by molar-refractivity contribution is 5.77. The topological polar surface area (TPSA) is 105 Å². The number of alkyl halides is 3. The molecule has 1 aliphatic heterocycles. The van der Waals surface area contributed by atoms with Gasteiger partial charge in [-0.25, -0.2) is 4.79 Å². The number of para-hydroxylation sites is 1. The molecule has 0 aliphatic carbocycles. The van der Waals surface area contributed by atoms with Gasteiger partial charge in [0.15, 0.2) is 0 Å². The highest BCUT2D eigenvalue weighted by Gasteiger charge is 2.38. The predicted molar refractivity (Wildman–Crippen MR) is 113 cm³/mol. The lowest BCUT2D eigenvalue weighted by molar-refractivity contribution is -0.192. The zero-order valence-corrected chi connectivity index (χ0v) is 18.4. The molecule has 1 fully saturated rings. The molecule has 1 unspecified atom stereocenters. The molecule has 0 radical (unpaired) electrons. The fraction of sp³-hybridized carbons (Fsp3) is 0.500. The van der Waals surface area contributed by atoms with Crippen molar-refractivity contribution >= 4 is 16.9 Å². The minimum absolute atomic E-state index is 0.532. The monoisotopic (exact) mass is 468 g/mol. The van der Waals surface area contributed by atoms with E-state index in [2.05, 4.69) is 27.3 Å². The average Bonchev–Trinajstić information content (AvgIpc) is 3.34. The van der Waals surface area contributed by atoms with Gasteiger partial charge in [0, 0.05) is 18.5 Å². The fourth-order valence-electron chi connectivity index (χ4n) is 3.71. The summed E-state index contributed by atoms with van der Waals surface area (Å²) in [4.78, 5) is 11.4. The number of carboxylic acid groups (broad SMARTS) is 1. The second kappa shape index (κ2) is 9.92. The van der Waals surface area contributed by atoms with Crippen LogP contribution in [0.15, 0.2) is 40.9 Å². The maximum Gasteiger partial charge on any atom is 0.490 e. The number of fused-ring (bicyclic) bond motifs is 1. The van der Waals surface area contributed by atoms with Gasteiger partial charge in [-0.05, 0) is 51.3 Å². The van der Waals surface area contributed by atoms with E-state index in [1.807, 2.05) is 29.1 Å². The van der Waals surface area contributed by atoms with Crippen molar-refractivity contribution in [3.63, 3.8) is 0 Å². The van der Waals surface area contributed by atoms with Crippen LogP contribution in [0.3, 0.4) is 0 Å². The van der Waals surface area contributed by atoms with Gasteiger partial charge in [0.1, 0.15) is 22.6 Å². The molecule has 2 N–H and O–H groups in total. The first-order valence-corrected chi connectivity index (χ1v) is 10.5. The molecule has 0 bridgehead atoms. The van der Waals surface area contributed by atoms with Gasteiger partial charge >= 0.3 is 12.1 Å². The van der Waals surface area contributed by atoms with E-state index >= 15 is 0 Å². The van der Waals surface area contributed by atoms with E-state index in [1.54, 1.807) is 13.8 Å². The van der Waals surface area contributed by atoms with Crippen LogP contribution in [0.1, 0.15) is 38.1 Å². The third-order valence-electron chi connectivity index (χ3n) is 5.31. The molecule has 2 aromatic heterocycles. The normalized spacial score (nSPS) is 17.6. The van der Waals surface area contributed by atoms with Crippen LogP contribution < -0.4 is 0 Å². The molecule has 1 saturated heterocycles. The fourth-order valence-corrected chi connectivity index (χ4v) is 3.71.